The molecule has 1 aliphatic heterocycles. The molecule has 1 aromatic heterocycles. The van der Waals surface area contributed by atoms with Crippen LogP contribution in [0.2, 0.25) is 0 Å². The van der Waals surface area contributed by atoms with Crippen LogP contribution in [0.5, 0.6) is 0 Å². The van der Waals surface area contributed by atoms with Gasteiger partial charge in [-0.3, -0.25) is 19.4 Å². The first kappa shape index (κ1) is 20.3. The summed E-state index contributed by atoms with van der Waals surface area (Å²) in [5, 5.41) is 8.50. The van der Waals surface area contributed by atoms with Gasteiger partial charge in [0.15, 0.2) is 0 Å². The first-order valence-electron chi connectivity index (χ1n) is 10.1. The lowest BCUT2D eigenvalue weighted by Gasteiger charge is -2.24. The fourth-order valence-corrected chi connectivity index (χ4v) is 3.60. The number of aryl methyl sites for hydroxylation is 2. The van der Waals surface area contributed by atoms with Crippen LogP contribution in [0.3, 0.4) is 0 Å². The van der Waals surface area contributed by atoms with Gasteiger partial charge in [-0.25, -0.2) is 0 Å². The lowest BCUT2D eigenvalue weighted by atomic mass is 9.92. The highest BCUT2D eigenvalue weighted by Gasteiger charge is 2.35. The van der Waals surface area contributed by atoms with Crippen LogP contribution in [-0.2, 0) is 16.0 Å². The van der Waals surface area contributed by atoms with Gasteiger partial charge in [-0.2, -0.15) is 4.98 Å². The highest BCUT2D eigenvalue weighted by molar-refractivity contribution is 6.04. The van der Waals surface area contributed by atoms with Gasteiger partial charge < -0.3 is 16.0 Å². The van der Waals surface area contributed by atoms with Crippen molar-refractivity contribution in [3.05, 3.63) is 75.6 Å². The summed E-state index contributed by atoms with van der Waals surface area (Å²) in [7, 11) is 0. The van der Waals surface area contributed by atoms with Crippen LogP contribution in [0.4, 0.5) is 23.1 Å². The maximum Gasteiger partial charge on any atom is 0.258 e. The van der Waals surface area contributed by atoms with E-state index in [4.69, 9.17) is 0 Å². The minimum atomic E-state index is -0.932. The van der Waals surface area contributed by atoms with E-state index in [2.05, 4.69) is 25.9 Å². The van der Waals surface area contributed by atoms with Crippen LogP contribution in [0.1, 0.15) is 36.0 Å². The van der Waals surface area contributed by atoms with Gasteiger partial charge in [-0.1, -0.05) is 42.8 Å². The van der Waals surface area contributed by atoms with Gasteiger partial charge in [0.25, 0.3) is 5.56 Å². The Balaban J connectivity index is 1.64. The lowest BCUT2D eigenvalue weighted by molar-refractivity contribution is -0.123. The molecule has 3 aromatic rings. The smallest absolute Gasteiger partial charge is 0.258 e. The minimum absolute atomic E-state index is 0.0959. The number of nitrogens with one attached hydrogen (secondary N) is 4. The first-order valence-corrected chi connectivity index (χ1v) is 10.1. The number of carbonyl (C=O) groups excluding carboxylic acids is 2. The van der Waals surface area contributed by atoms with Crippen molar-refractivity contribution < 1.29 is 9.59 Å². The number of fused-ring (bicyclic) bond motifs is 1. The summed E-state index contributed by atoms with van der Waals surface area (Å²) < 4.78 is 0. The predicted octanol–water partition coefficient (Wildman–Crippen LogP) is 3.45. The van der Waals surface area contributed by atoms with E-state index in [9.17, 15) is 14.4 Å². The third kappa shape index (κ3) is 4.32. The summed E-state index contributed by atoms with van der Waals surface area (Å²) in [6.07, 6.45) is 0.622. The van der Waals surface area contributed by atoms with Crippen LogP contribution < -0.4 is 21.5 Å². The number of aromatic nitrogens is 2. The Hall–Kier alpha value is -3.94. The van der Waals surface area contributed by atoms with E-state index in [1.807, 2.05) is 56.3 Å². The molecule has 4 rings (SSSR count). The van der Waals surface area contributed by atoms with Crippen LogP contribution >= 0.6 is 0 Å². The maximum absolute atomic E-state index is 13.0. The van der Waals surface area contributed by atoms with Crippen molar-refractivity contribution in [2.24, 2.45) is 0 Å². The number of carbonyl (C=O) groups is 2. The molecule has 0 aliphatic carbocycles. The second-order valence-corrected chi connectivity index (χ2v) is 7.47. The fourth-order valence-electron chi connectivity index (χ4n) is 3.60. The number of hydrogen-bond acceptors (Lipinski definition) is 5. The highest BCUT2D eigenvalue weighted by Crippen LogP contribution is 2.30. The molecule has 0 saturated carbocycles. The molecule has 2 heterocycles. The second kappa shape index (κ2) is 8.43. The standard InChI is InChI=1S/C23H23N5O3/c1-3-14-6-4-5-7-17(14)25-21(30)16-12-18(29)26-20-19(16)22(31)28-23(27-20)24-15-10-8-13(2)9-11-15/h4-11,16H,3,12H2,1-2H3,(H,25,30)(H3,24,26,27,28,29,31)/t16-/m1/s1. The van der Waals surface area contributed by atoms with Crippen molar-refractivity contribution in [3.8, 4) is 0 Å². The van der Waals surface area contributed by atoms with Crippen LogP contribution in [-0.4, -0.2) is 21.8 Å². The molecule has 31 heavy (non-hydrogen) atoms. The average Bonchev–Trinajstić information content (AvgIpc) is 2.75. The molecule has 0 saturated heterocycles. The van der Waals surface area contributed by atoms with E-state index in [-0.39, 0.29) is 29.7 Å². The first-order chi connectivity index (χ1) is 14.9. The van der Waals surface area contributed by atoms with Crippen molar-refractivity contribution in [2.45, 2.75) is 32.6 Å². The topological polar surface area (TPSA) is 116 Å². The summed E-state index contributed by atoms with van der Waals surface area (Å²) in [6.45, 7) is 3.97. The number of para-hydroxylation sites is 1. The number of amides is 2. The molecule has 1 aliphatic rings. The van der Waals surface area contributed by atoms with E-state index < -0.39 is 17.4 Å². The molecular weight excluding hydrogens is 394 g/mol. The second-order valence-electron chi connectivity index (χ2n) is 7.47. The fraction of sp³-hybridized carbons (Fsp3) is 0.217. The predicted molar refractivity (Wildman–Crippen MR) is 120 cm³/mol. The number of benzene rings is 2. The average molecular weight is 417 g/mol. The number of aromatic amines is 1. The lowest BCUT2D eigenvalue weighted by Crippen LogP contribution is -2.36. The number of nitrogens with zero attached hydrogens (tertiary/aromatic N) is 1. The molecule has 0 spiro atoms. The Morgan fingerprint density at radius 2 is 1.87 bits per heavy atom. The van der Waals surface area contributed by atoms with Crippen LogP contribution in [0.25, 0.3) is 0 Å². The van der Waals surface area contributed by atoms with Crippen molar-refractivity contribution in [3.63, 3.8) is 0 Å². The number of anilines is 4. The van der Waals surface area contributed by atoms with E-state index in [1.165, 1.54) is 0 Å². The zero-order valence-electron chi connectivity index (χ0n) is 17.3. The van der Waals surface area contributed by atoms with Gasteiger partial charge in [0.05, 0.1) is 11.5 Å². The van der Waals surface area contributed by atoms with Crippen molar-refractivity contribution in [1.29, 1.82) is 0 Å². The van der Waals surface area contributed by atoms with Gasteiger partial charge in [0, 0.05) is 17.8 Å². The summed E-state index contributed by atoms with van der Waals surface area (Å²) >= 11 is 0. The number of hydrogen-bond donors (Lipinski definition) is 4. The molecule has 1 atom stereocenters. The largest absolute Gasteiger partial charge is 0.326 e. The molecule has 0 radical (unpaired) electrons. The van der Waals surface area contributed by atoms with E-state index in [0.29, 0.717) is 5.69 Å². The molecule has 2 aromatic carbocycles. The Labute approximate surface area is 179 Å². The zero-order valence-corrected chi connectivity index (χ0v) is 17.3. The maximum atomic E-state index is 13.0. The molecule has 8 nitrogen and oxygen atoms in total. The zero-order chi connectivity index (χ0) is 22.0. The highest BCUT2D eigenvalue weighted by atomic mass is 16.2. The Kier molecular flexibility index (Phi) is 5.53. The Bertz CT molecular complexity index is 1200. The van der Waals surface area contributed by atoms with Crippen molar-refractivity contribution in [2.75, 3.05) is 16.0 Å². The quantitative estimate of drug-likeness (QED) is 0.507. The Morgan fingerprint density at radius 1 is 1.13 bits per heavy atom. The van der Waals surface area contributed by atoms with Crippen molar-refractivity contribution in [1.82, 2.24) is 9.97 Å². The van der Waals surface area contributed by atoms with Gasteiger partial charge >= 0.3 is 0 Å². The molecule has 158 valence electrons. The van der Waals surface area contributed by atoms with E-state index >= 15 is 0 Å². The normalized spacial score (nSPS) is 15.0. The van der Waals surface area contributed by atoms with Crippen molar-refractivity contribution >= 4 is 35.0 Å². The molecule has 0 bridgehead atoms. The van der Waals surface area contributed by atoms with Gasteiger partial charge in [0.2, 0.25) is 17.8 Å². The SMILES string of the molecule is CCc1ccccc1NC(=O)[C@@H]1CC(=O)Nc2nc(Nc3ccc(C)cc3)[nH]c(=O)c21. The molecule has 0 fully saturated rings. The van der Waals surface area contributed by atoms with Crippen LogP contribution in [0, 0.1) is 6.92 Å². The number of rotatable bonds is 5. The summed E-state index contributed by atoms with van der Waals surface area (Å²) in [5.74, 6) is -1.43. The third-order valence-corrected chi connectivity index (χ3v) is 5.24. The van der Waals surface area contributed by atoms with Gasteiger partial charge in [-0.05, 0) is 37.1 Å². The van der Waals surface area contributed by atoms with Crippen LogP contribution in [0.15, 0.2) is 53.3 Å². The summed E-state index contributed by atoms with van der Waals surface area (Å²) in [6, 6.07) is 15.0. The molecule has 2 amide bonds. The van der Waals surface area contributed by atoms with E-state index in [1.54, 1.807) is 6.07 Å². The molecule has 0 unspecified atom stereocenters. The van der Waals surface area contributed by atoms with Gasteiger partial charge in [-0.15, -0.1) is 0 Å². The van der Waals surface area contributed by atoms with Gasteiger partial charge in [0.1, 0.15) is 5.82 Å². The monoisotopic (exact) mass is 417 g/mol. The summed E-state index contributed by atoms with van der Waals surface area (Å²) in [5.41, 5.74) is 3.17. The van der Waals surface area contributed by atoms with E-state index in [0.717, 1.165) is 23.2 Å². The Morgan fingerprint density at radius 3 is 2.61 bits per heavy atom. The minimum Gasteiger partial charge on any atom is -0.326 e. The molecule has 8 heteroatoms. The summed E-state index contributed by atoms with van der Waals surface area (Å²) in [4.78, 5) is 45.2. The molecule has 4 N–H and O–H groups in total. The third-order valence-electron chi connectivity index (χ3n) is 5.24. The molecular formula is C23H23N5O3. The number of H-pyrrole nitrogens is 1.